The van der Waals surface area contributed by atoms with Crippen LogP contribution in [-0.2, 0) is 19.1 Å². The lowest BCUT2D eigenvalue weighted by molar-refractivity contribution is -0.138. The Balaban J connectivity index is 2.68. The number of carbonyl (C=O) groups is 2. The summed E-state index contributed by atoms with van der Waals surface area (Å²) in [5.41, 5.74) is 0.0901. The van der Waals surface area contributed by atoms with Gasteiger partial charge in [-0.2, -0.15) is 4.52 Å². The maximum absolute atomic E-state index is 12.9. The zero-order valence-electron chi connectivity index (χ0n) is 15.7. The summed E-state index contributed by atoms with van der Waals surface area (Å²) in [6.45, 7) is 7.03. The van der Waals surface area contributed by atoms with Gasteiger partial charge in [0.05, 0.1) is 40.2 Å². The van der Waals surface area contributed by atoms with E-state index in [1.54, 1.807) is 27.7 Å². The van der Waals surface area contributed by atoms with E-state index in [0.717, 1.165) is 10.6 Å². The summed E-state index contributed by atoms with van der Waals surface area (Å²) < 4.78 is 12.3. The van der Waals surface area contributed by atoms with Crippen LogP contribution < -0.4 is 11.1 Å². The van der Waals surface area contributed by atoms with Crippen molar-refractivity contribution in [3.8, 4) is 0 Å². The van der Waals surface area contributed by atoms with Crippen molar-refractivity contribution in [3.63, 3.8) is 0 Å². The number of halogens is 2. The van der Waals surface area contributed by atoms with E-state index in [4.69, 9.17) is 9.47 Å². The van der Waals surface area contributed by atoms with Crippen molar-refractivity contribution in [2.45, 2.75) is 27.7 Å². The van der Waals surface area contributed by atoms with Gasteiger partial charge in [0.15, 0.2) is 0 Å². The molecule has 0 atom stereocenters. The van der Waals surface area contributed by atoms with E-state index in [1.807, 2.05) is 0 Å². The zero-order valence-corrected chi connectivity index (χ0v) is 18.8. The Hall–Kier alpha value is -2.20. The van der Waals surface area contributed by atoms with Gasteiger partial charge >= 0.3 is 11.9 Å². The van der Waals surface area contributed by atoms with Crippen LogP contribution in [-0.4, -0.2) is 34.2 Å². The average Bonchev–Trinajstić information content (AvgIpc) is 3.05. The minimum atomic E-state index is -0.638. The van der Waals surface area contributed by atoms with E-state index < -0.39 is 23.1 Å². The number of ether oxygens (including phenoxy) is 2. The summed E-state index contributed by atoms with van der Waals surface area (Å²) >= 11 is 6.38. The van der Waals surface area contributed by atoms with Crippen molar-refractivity contribution in [1.82, 2.24) is 9.03 Å². The molecule has 2 aromatic rings. The Morgan fingerprint density at radius 3 is 2.11 bits per heavy atom. The number of aromatic nitrogens is 2. The van der Waals surface area contributed by atoms with Gasteiger partial charge in [-0.3, -0.25) is 14.1 Å². The van der Waals surface area contributed by atoms with Crippen molar-refractivity contribution in [2.75, 3.05) is 13.2 Å². The molecule has 0 amide bonds. The summed E-state index contributed by atoms with van der Waals surface area (Å²) in [6, 6.07) is 0. The number of carbonyl (C=O) groups excluding carboxylic acids is 2. The highest BCUT2D eigenvalue weighted by Gasteiger charge is 2.25. The summed E-state index contributed by atoms with van der Waals surface area (Å²) in [6.07, 6.45) is 2.47. The lowest BCUT2D eigenvalue weighted by atomic mass is 10.2. The van der Waals surface area contributed by atoms with Crippen molar-refractivity contribution in [2.24, 2.45) is 0 Å². The molecule has 0 aromatic carbocycles. The Labute approximate surface area is 177 Å². The normalized spacial score (nSPS) is 12.5. The largest absolute Gasteiger partial charge is 0.463 e. The number of rotatable bonds is 6. The van der Waals surface area contributed by atoms with E-state index in [0.29, 0.717) is 11.4 Å². The van der Waals surface area contributed by atoms with Gasteiger partial charge in [0, 0.05) is 6.08 Å². The minimum Gasteiger partial charge on any atom is -0.463 e. The third-order valence-corrected chi connectivity index (χ3v) is 6.00. The highest BCUT2D eigenvalue weighted by atomic mass is 79.9. The van der Waals surface area contributed by atoms with Gasteiger partial charge < -0.3 is 9.47 Å². The standard InChI is InChI=1S/C18H18Br2N2O6/c1-5-27-12(23)8-7-11-9(3)21-10(4)13(17(25)22(21)16(11)24)14(19)15(20)18(26)28-6-2/h7-8H,5-6H2,1-4H3/b8-7+,15-14+. The lowest BCUT2D eigenvalue weighted by Gasteiger charge is -2.04. The fourth-order valence-corrected chi connectivity index (χ4v) is 3.69. The van der Waals surface area contributed by atoms with Gasteiger partial charge in [-0.05, 0) is 65.6 Å². The van der Waals surface area contributed by atoms with Crippen molar-refractivity contribution >= 4 is 54.4 Å². The molecule has 0 bridgehead atoms. The van der Waals surface area contributed by atoms with Crippen LogP contribution >= 0.6 is 31.9 Å². The molecule has 10 heteroatoms. The van der Waals surface area contributed by atoms with E-state index in [9.17, 15) is 19.2 Å². The maximum atomic E-state index is 12.9. The molecule has 0 aliphatic carbocycles. The summed E-state index contributed by atoms with van der Waals surface area (Å²) in [4.78, 5) is 49.1. The monoisotopic (exact) mass is 516 g/mol. The zero-order chi connectivity index (χ0) is 21.2. The second-order valence-electron chi connectivity index (χ2n) is 5.63. The minimum absolute atomic E-state index is 0.0379. The van der Waals surface area contributed by atoms with Crippen LogP contribution in [0.3, 0.4) is 0 Å². The van der Waals surface area contributed by atoms with Crippen LogP contribution in [0.1, 0.15) is 36.4 Å². The van der Waals surface area contributed by atoms with Gasteiger partial charge in [0.2, 0.25) is 0 Å². The third-order valence-electron chi connectivity index (χ3n) is 3.96. The molecule has 8 nitrogen and oxygen atoms in total. The maximum Gasteiger partial charge on any atom is 0.346 e. The third kappa shape index (κ3) is 3.83. The van der Waals surface area contributed by atoms with Crippen LogP contribution in [0, 0.1) is 13.8 Å². The summed E-state index contributed by atoms with van der Waals surface area (Å²) in [5, 5.41) is 0. The predicted molar refractivity (Wildman–Crippen MR) is 111 cm³/mol. The van der Waals surface area contributed by atoms with Crippen LogP contribution in [0.25, 0.3) is 10.6 Å². The molecule has 28 heavy (non-hydrogen) atoms. The molecular formula is C18H18Br2N2O6. The number of fused-ring (bicyclic) bond motifs is 1. The second-order valence-corrected chi connectivity index (χ2v) is 7.21. The second kappa shape index (κ2) is 8.87. The Bertz CT molecular complexity index is 1110. The lowest BCUT2D eigenvalue weighted by Crippen LogP contribution is -2.24. The first-order chi connectivity index (χ1) is 13.2. The Morgan fingerprint density at radius 2 is 1.57 bits per heavy atom. The molecule has 0 saturated heterocycles. The van der Waals surface area contributed by atoms with E-state index in [2.05, 4.69) is 31.9 Å². The molecule has 0 fully saturated rings. The number of esters is 2. The SMILES string of the molecule is CCOC(=O)/C=C/c1c(C)n2c(C)c(/C(Br)=C(\Br)C(=O)OCC)c(=O)n2c1=O. The van der Waals surface area contributed by atoms with Crippen LogP contribution in [0.2, 0.25) is 0 Å². The molecule has 0 aliphatic rings. The van der Waals surface area contributed by atoms with Gasteiger partial charge in [0.25, 0.3) is 11.1 Å². The smallest absolute Gasteiger partial charge is 0.346 e. The van der Waals surface area contributed by atoms with Crippen LogP contribution in [0.5, 0.6) is 0 Å². The summed E-state index contributed by atoms with van der Waals surface area (Å²) in [7, 11) is 0. The van der Waals surface area contributed by atoms with Crippen LogP contribution in [0.15, 0.2) is 20.1 Å². The molecule has 0 aliphatic heterocycles. The molecule has 2 aromatic heterocycles. The van der Waals surface area contributed by atoms with Crippen molar-refractivity contribution < 1.29 is 19.1 Å². The fourth-order valence-electron chi connectivity index (χ4n) is 2.76. The van der Waals surface area contributed by atoms with Crippen molar-refractivity contribution in [1.29, 1.82) is 0 Å². The Morgan fingerprint density at radius 1 is 0.964 bits per heavy atom. The predicted octanol–water partition coefficient (Wildman–Crippen LogP) is 2.41. The van der Waals surface area contributed by atoms with Gasteiger partial charge in [-0.25, -0.2) is 9.59 Å². The van der Waals surface area contributed by atoms with Crippen molar-refractivity contribution in [3.05, 3.63) is 53.8 Å². The highest BCUT2D eigenvalue weighted by Crippen LogP contribution is 2.30. The fraction of sp³-hybridized carbons (Fsp3) is 0.333. The van der Waals surface area contributed by atoms with Crippen LogP contribution in [0.4, 0.5) is 0 Å². The molecule has 2 rings (SSSR count). The van der Waals surface area contributed by atoms with Gasteiger partial charge in [-0.1, -0.05) is 0 Å². The molecule has 0 unspecified atom stereocenters. The van der Waals surface area contributed by atoms with E-state index in [-0.39, 0.29) is 33.3 Å². The molecule has 0 spiro atoms. The molecule has 0 saturated carbocycles. The molecular weight excluding hydrogens is 500 g/mol. The molecule has 150 valence electrons. The first-order valence-electron chi connectivity index (χ1n) is 8.35. The Kier molecular flexibility index (Phi) is 7.00. The number of hydrogen-bond donors (Lipinski definition) is 0. The molecule has 0 N–H and O–H groups in total. The van der Waals surface area contributed by atoms with E-state index in [1.165, 1.54) is 10.6 Å². The van der Waals surface area contributed by atoms with Gasteiger partial charge in [-0.15, -0.1) is 0 Å². The first kappa shape index (κ1) is 22.1. The number of aryl methyl sites for hydroxylation is 2. The molecule has 2 heterocycles. The average molecular weight is 518 g/mol. The highest BCUT2D eigenvalue weighted by molar-refractivity contribution is 9.16. The number of nitrogens with zero attached hydrogens (tertiary/aromatic N) is 2. The first-order valence-corrected chi connectivity index (χ1v) is 9.94. The topological polar surface area (TPSA) is 95.6 Å². The summed E-state index contributed by atoms with van der Waals surface area (Å²) in [5.74, 6) is -1.22. The van der Waals surface area contributed by atoms with E-state index >= 15 is 0 Å². The quantitative estimate of drug-likeness (QED) is 0.431. The van der Waals surface area contributed by atoms with Gasteiger partial charge in [0.1, 0.15) is 4.48 Å². The molecule has 0 radical (unpaired) electrons. The number of hydrogen-bond acceptors (Lipinski definition) is 6.